The van der Waals surface area contributed by atoms with Crippen LogP contribution in [0.1, 0.15) is 25.3 Å². The molecule has 0 aliphatic heterocycles. The molecule has 2 N–H and O–H groups in total. The summed E-state index contributed by atoms with van der Waals surface area (Å²) < 4.78 is 0. The highest BCUT2D eigenvalue weighted by Crippen LogP contribution is 2.09. The number of likely N-dealkylation sites (N-methyl/N-ethyl adjacent to an activating group) is 1. The first-order valence-electron chi connectivity index (χ1n) is 5.67. The van der Waals surface area contributed by atoms with Crippen LogP contribution in [0.5, 0.6) is 0 Å². The van der Waals surface area contributed by atoms with Crippen molar-refractivity contribution in [2.24, 2.45) is 0 Å². The Bertz CT molecular complexity index is 260. The molecule has 0 aliphatic carbocycles. The Morgan fingerprint density at radius 1 is 1.27 bits per heavy atom. The molecule has 0 fully saturated rings. The minimum Gasteiger partial charge on any atom is -0.391 e. The molecule has 84 valence electrons. The molecule has 1 rings (SSSR count). The van der Waals surface area contributed by atoms with Gasteiger partial charge in [0.15, 0.2) is 0 Å². The number of benzene rings is 1. The van der Waals surface area contributed by atoms with Crippen molar-refractivity contribution in [1.29, 1.82) is 0 Å². The fourth-order valence-corrected chi connectivity index (χ4v) is 1.84. The average molecular weight is 207 g/mol. The minimum atomic E-state index is -0.294. The molecule has 2 heteroatoms. The van der Waals surface area contributed by atoms with Gasteiger partial charge in [-0.25, -0.2) is 0 Å². The van der Waals surface area contributed by atoms with Crippen LogP contribution < -0.4 is 5.32 Å². The molecule has 15 heavy (non-hydrogen) atoms. The number of rotatable bonds is 6. The number of nitrogens with one attached hydrogen (secondary N) is 1. The molecular weight excluding hydrogens is 186 g/mol. The Hall–Kier alpha value is -0.860. The largest absolute Gasteiger partial charge is 0.391 e. The van der Waals surface area contributed by atoms with Crippen LogP contribution >= 0.6 is 0 Å². The molecule has 0 aromatic heterocycles. The number of aliphatic hydroxyl groups is 1. The van der Waals surface area contributed by atoms with Crippen LogP contribution in [0.2, 0.25) is 0 Å². The first-order chi connectivity index (χ1) is 7.27. The molecule has 2 atom stereocenters. The molecule has 0 radical (unpaired) electrons. The summed E-state index contributed by atoms with van der Waals surface area (Å²) in [5.74, 6) is 0. The number of hydrogen-bond acceptors (Lipinski definition) is 2. The Kier molecular flexibility index (Phi) is 5.37. The second kappa shape index (κ2) is 6.59. The third-order valence-electron chi connectivity index (χ3n) is 2.72. The van der Waals surface area contributed by atoms with Gasteiger partial charge in [0.05, 0.1) is 6.10 Å². The molecule has 0 amide bonds. The van der Waals surface area contributed by atoms with Crippen molar-refractivity contribution in [2.75, 3.05) is 7.05 Å². The van der Waals surface area contributed by atoms with Gasteiger partial charge in [0.1, 0.15) is 0 Å². The molecule has 0 aliphatic rings. The molecule has 0 saturated carbocycles. The van der Waals surface area contributed by atoms with Crippen molar-refractivity contribution in [1.82, 2.24) is 5.32 Å². The lowest BCUT2D eigenvalue weighted by molar-refractivity contribution is 0.126. The van der Waals surface area contributed by atoms with Gasteiger partial charge in [0.2, 0.25) is 0 Å². The van der Waals surface area contributed by atoms with Crippen molar-refractivity contribution in [3.8, 4) is 0 Å². The van der Waals surface area contributed by atoms with E-state index in [2.05, 4.69) is 24.4 Å². The zero-order valence-electron chi connectivity index (χ0n) is 9.61. The SMILES string of the molecule is CCC[C@H](NC)C(O)Cc1ccccc1. The Balaban J connectivity index is 2.50. The Labute approximate surface area is 92.3 Å². The van der Waals surface area contributed by atoms with E-state index in [1.165, 1.54) is 5.56 Å². The zero-order valence-corrected chi connectivity index (χ0v) is 9.61. The minimum absolute atomic E-state index is 0.204. The van der Waals surface area contributed by atoms with Crippen LogP contribution in [0.25, 0.3) is 0 Å². The second-order valence-corrected chi connectivity index (χ2v) is 3.94. The third-order valence-corrected chi connectivity index (χ3v) is 2.72. The number of hydrogen-bond donors (Lipinski definition) is 2. The van der Waals surface area contributed by atoms with Crippen LogP contribution in [0.15, 0.2) is 30.3 Å². The van der Waals surface area contributed by atoms with Gasteiger partial charge < -0.3 is 10.4 Å². The summed E-state index contributed by atoms with van der Waals surface area (Å²) in [7, 11) is 1.91. The first-order valence-corrected chi connectivity index (χ1v) is 5.67. The summed E-state index contributed by atoms with van der Waals surface area (Å²) in [6.45, 7) is 2.14. The molecule has 1 unspecified atom stereocenters. The summed E-state index contributed by atoms with van der Waals surface area (Å²) in [6.07, 6.45) is 2.55. The fraction of sp³-hybridized carbons (Fsp3) is 0.538. The van der Waals surface area contributed by atoms with Gasteiger partial charge >= 0.3 is 0 Å². The van der Waals surface area contributed by atoms with Crippen LogP contribution in [-0.2, 0) is 6.42 Å². The predicted octanol–water partition coefficient (Wildman–Crippen LogP) is 1.98. The van der Waals surface area contributed by atoms with E-state index in [-0.39, 0.29) is 12.1 Å². The van der Waals surface area contributed by atoms with Crippen molar-refractivity contribution >= 4 is 0 Å². The highest BCUT2D eigenvalue weighted by Gasteiger charge is 2.16. The zero-order chi connectivity index (χ0) is 11.1. The van der Waals surface area contributed by atoms with Gasteiger partial charge in [-0.1, -0.05) is 43.7 Å². The Morgan fingerprint density at radius 2 is 1.93 bits per heavy atom. The van der Waals surface area contributed by atoms with E-state index in [0.717, 1.165) is 19.3 Å². The van der Waals surface area contributed by atoms with E-state index >= 15 is 0 Å². The van der Waals surface area contributed by atoms with Gasteiger partial charge in [0, 0.05) is 6.04 Å². The smallest absolute Gasteiger partial charge is 0.0733 e. The molecular formula is C13H21NO. The fourth-order valence-electron chi connectivity index (χ4n) is 1.84. The van der Waals surface area contributed by atoms with E-state index < -0.39 is 0 Å². The molecule has 0 heterocycles. The van der Waals surface area contributed by atoms with Gasteiger partial charge in [-0.15, -0.1) is 0 Å². The Morgan fingerprint density at radius 3 is 2.47 bits per heavy atom. The highest BCUT2D eigenvalue weighted by molar-refractivity contribution is 5.15. The summed E-state index contributed by atoms with van der Waals surface area (Å²) in [4.78, 5) is 0. The normalized spacial score (nSPS) is 14.9. The van der Waals surface area contributed by atoms with Crippen LogP contribution in [0.4, 0.5) is 0 Å². The van der Waals surface area contributed by atoms with Crippen LogP contribution in [0.3, 0.4) is 0 Å². The average Bonchev–Trinajstić information content (AvgIpc) is 2.27. The molecule has 0 saturated heterocycles. The van der Waals surface area contributed by atoms with E-state index in [9.17, 15) is 5.11 Å². The standard InChI is InChI=1S/C13H21NO/c1-3-7-12(14-2)13(15)10-11-8-5-4-6-9-11/h4-6,8-9,12-15H,3,7,10H2,1-2H3/t12-,13?/m0/s1. The summed E-state index contributed by atoms with van der Waals surface area (Å²) in [6, 6.07) is 10.3. The number of aliphatic hydroxyl groups excluding tert-OH is 1. The van der Waals surface area contributed by atoms with Gasteiger partial charge in [-0.3, -0.25) is 0 Å². The summed E-state index contributed by atoms with van der Waals surface area (Å²) in [5.41, 5.74) is 1.20. The van der Waals surface area contributed by atoms with E-state index in [1.54, 1.807) is 0 Å². The monoisotopic (exact) mass is 207 g/mol. The maximum Gasteiger partial charge on any atom is 0.0733 e. The lowest BCUT2D eigenvalue weighted by Gasteiger charge is -2.22. The molecule has 1 aromatic carbocycles. The quantitative estimate of drug-likeness (QED) is 0.747. The maximum atomic E-state index is 10.0. The molecule has 1 aromatic rings. The first kappa shape index (κ1) is 12.2. The second-order valence-electron chi connectivity index (χ2n) is 3.94. The van der Waals surface area contributed by atoms with Crippen molar-refractivity contribution < 1.29 is 5.11 Å². The van der Waals surface area contributed by atoms with Crippen LogP contribution in [0, 0.1) is 0 Å². The van der Waals surface area contributed by atoms with Crippen molar-refractivity contribution in [3.05, 3.63) is 35.9 Å². The third kappa shape index (κ3) is 4.02. The van der Waals surface area contributed by atoms with E-state index in [1.807, 2.05) is 25.2 Å². The lowest BCUT2D eigenvalue weighted by Crippen LogP contribution is -2.38. The molecule has 0 spiro atoms. The highest BCUT2D eigenvalue weighted by atomic mass is 16.3. The lowest BCUT2D eigenvalue weighted by atomic mass is 9.99. The summed E-state index contributed by atoms with van der Waals surface area (Å²) in [5, 5.41) is 13.2. The van der Waals surface area contributed by atoms with Gasteiger partial charge in [-0.05, 0) is 25.5 Å². The topological polar surface area (TPSA) is 32.3 Å². The van der Waals surface area contributed by atoms with Crippen molar-refractivity contribution in [2.45, 2.75) is 38.3 Å². The van der Waals surface area contributed by atoms with E-state index in [0.29, 0.717) is 0 Å². The molecule has 0 bridgehead atoms. The predicted molar refractivity (Wildman–Crippen MR) is 63.9 cm³/mol. The van der Waals surface area contributed by atoms with Gasteiger partial charge in [0.25, 0.3) is 0 Å². The van der Waals surface area contributed by atoms with Gasteiger partial charge in [-0.2, -0.15) is 0 Å². The summed E-state index contributed by atoms with van der Waals surface area (Å²) >= 11 is 0. The maximum absolute atomic E-state index is 10.0. The van der Waals surface area contributed by atoms with Crippen molar-refractivity contribution in [3.63, 3.8) is 0 Å². The van der Waals surface area contributed by atoms with Crippen LogP contribution in [-0.4, -0.2) is 24.3 Å². The van der Waals surface area contributed by atoms with E-state index in [4.69, 9.17) is 0 Å². The molecule has 2 nitrogen and oxygen atoms in total.